The summed E-state index contributed by atoms with van der Waals surface area (Å²) >= 11 is 0. The molecule has 3 heterocycles. The van der Waals surface area contributed by atoms with Crippen molar-refractivity contribution < 1.29 is 22.1 Å². The molecule has 8 nitrogen and oxygen atoms in total. The van der Waals surface area contributed by atoms with Crippen molar-refractivity contribution in [2.24, 2.45) is 0 Å². The van der Waals surface area contributed by atoms with Gasteiger partial charge in [-0.1, -0.05) is 6.07 Å². The summed E-state index contributed by atoms with van der Waals surface area (Å²) in [5.74, 6) is -0.390. The summed E-state index contributed by atoms with van der Waals surface area (Å²) in [5, 5.41) is 5.60. The van der Waals surface area contributed by atoms with Crippen LogP contribution in [-0.2, 0) is 6.18 Å². The van der Waals surface area contributed by atoms with Gasteiger partial charge in [-0.15, -0.1) is 0 Å². The molecule has 196 valence electrons. The molecule has 0 radical (unpaired) electrons. The number of benzene rings is 2. The normalized spacial score (nSPS) is 12.8. The molecule has 5 aromatic rings. The number of anilines is 3. The second-order valence-corrected chi connectivity index (χ2v) is 8.55. The lowest BCUT2D eigenvalue weighted by molar-refractivity contribution is -0.137. The minimum atomic E-state index is -4.73. The number of nitrogens with zero attached hydrogens (tertiary/aromatic N) is 5. The van der Waals surface area contributed by atoms with Crippen molar-refractivity contribution in [3.8, 4) is 16.9 Å². The molecule has 0 atom stereocenters. The van der Waals surface area contributed by atoms with Crippen molar-refractivity contribution in [2.75, 3.05) is 10.6 Å². The molecule has 3 aromatic heterocycles. The molecule has 0 aliphatic carbocycles. The molecule has 0 saturated heterocycles. The number of rotatable bonds is 6. The van der Waals surface area contributed by atoms with Gasteiger partial charge in [-0.25, -0.2) is 15.0 Å². The van der Waals surface area contributed by atoms with Crippen molar-refractivity contribution in [1.29, 1.82) is 0 Å². The molecular formula is C28H22F3N7O. The first-order valence-electron chi connectivity index (χ1n) is 13.1. The summed E-state index contributed by atoms with van der Waals surface area (Å²) in [6.45, 7) is -0.723. The molecule has 11 heteroatoms. The fourth-order valence-electron chi connectivity index (χ4n) is 3.78. The van der Waals surface area contributed by atoms with Gasteiger partial charge < -0.3 is 15.2 Å². The minimum absolute atomic E-state index is 0.0277. The Morgan fingerprint density at radius 1 is 1.05 bits per heavy atom. The Morgan fingerprint density at radius 2 is 1.92 bits per heavy atom. The topological polar surface area (TPSA) is 97.6 Å². The number of aryl methyl sites for hydroxylation is 2. The molecule has 0 saturated carbocycles. The van der Waals surface area contributed by atoms with Crippen LogP contribution >= 0.6 is 0 Å². The number of nitrogens with one attached hydrogen (secondary N) is 2. The van der Waals surface area contributed by atoms with E-state index >= 15 is 0 Å². The molecule has 0 aliphatic heterocycles. The summed E-state index contributed by atoms with van der Waals surface area (Å²) in [7, 11) is 0. The second-order valence-electron chi connectivity index (χ2n) is 8.55. The van der Waals surface area contributed by atoms with Crippen molar-refractivity contribution in [2.45, 2.75) is 20.0 Å². The van der Waals surface area contributed by atoms with Gasteiger partial charge in [-0.05, 0) is 67.9 Å². The highest BCUT2D eigenvalue weighted by molar-refractivity contribution is 6.05. The van der Waals surface area contributed by atoms with Crippen molar-refractivity contribution in [3.63, 3.8) is 0 Å². The predicted molar refractivity (Wildman–Crippen MR) is 141 cm³/mol. The summed E-state index contributed by atoms with van der Waals surface area (Å²) in [6.07, 6.45) is 2.40. The van der Waals surface area contributed by atoms with Crippen molar-refractivity contribution >= 4 is 23.2 Å². The zero-order chi connectivity index (χ0) is 30.1. The number of pyridine rings is 1. The molecular weight excluding hydrogens is 507 g/mol. The Morgan fingerprint density at radius 3 is 2.67 bits per heavy atom. The van der Waals surface area contributed by atoms with Crippen LogP contribution in [-0.4, -0.2) is 30.4 Å². The van der Waals surface area contributed by atoms with Crippen LogP contribution in [0.5, 0.6) is 0 Å². The number of halogens is 3. The molecule has 2 aromatic carbocycles. The quantitative estimate of drug-likeness (QED) is 0.264. The monoisotopic (exact) mass is 532 g/mol. The van der Waals surface area contributed by atoms with Crippen molar-refractivity contribution in [1.82, 2.24) is 24.5 Å². The highest BCUT2D eigenvalue weighted by Gasteiger charge is 2.31. The third-order valence-corrected chi connectivity index (χ3v) is 5.74. The molecule has 0 aliphatic rings. The van der Waals surface area contributed by atoms with Gasteiger partial charge in [0.25, 0.3) is 5.91 Å². The molecule has 0 bridgehead atoms. The first-order chi connectivity index (χ1) is 19.9. The van der Waals surface area contributed by atoms with Crippen LogP contribution in [0.2, 0.25) is 0 Å². The Balaban J connectivity index is 1.41. The average molecular weight is 533 g/mol. The molecule has 0 fully saturated rings. The maximum atomic E-state index is 13.7. The van der Waals surface area contributed by atoms with Crippen LogP contribution in [0.3, 0.4) is 0 Å². The van der Waals surface area contributed by atoms with Crippen molar-refractivity contribution in [3.05, 3.63) is 108 Å². The largest absolute Gasteiger partial charge is 0.416 e. The Hall–Kier alpha value is -5.06. The number of amides is 1. The minimum Gasteiger partial charge on any atom is -0.324 e. The van der Waals surface area contributed by atoms with Gasteiger partial charge in [0.1, 0.15) is 0 Å². The number of imidazole rings is 1. The van der Waals surface area contributed by atoms with Gasteiger partial charge in [0.05, 0.1) is 23.3 Å². The molecule has 39 heavy (non-hydrogen) atoms. The third-order valence-electron chi connectivity index (χ3n) is 5.74. The van der Waals surface area contributed by atoms with E-state index in [0.717, 1.165) is 40.4 Å². The Bertz CT molecular complexity index is 1760. The van der Waals surface area contributed by atoms with Crippen LogP contribution in [0.4, 0.5) is 30.5 Å². The zero-order valence-electron chi connectivity index (χ0n) is 23.4. The average Bonchev–Trinajstić information content (AvgIpc) is 3.46. The zero-order valence-corrected chi connectivity index (χ0v) is 20.4. The maximum Gasteiger partial charge on any atom is 0.416 e. The maximum absolute atomic E-state index is 13.7. The van der Waals surface area contributed by atoms with E-state index in [2.05, 4.69) is 30.6 Å². The summed E-state index contributed by atoms with van der Waals surface area (Å²) < 4.78 is 64.7. The van der Waals surface area contributed by atoms with E-state index in [1.54, 1.807) is 36.8 Å². The lowest BCUT2D eigenvalue weighted by atomic mass is 10.1. The molecule has 0 spiro atoms. The molecule has 1 amide bonds. The SMILES string of the molecule is [2H]C([2H])([2H])c1cn(-c2cc(NC(=O)c3ccc(C)c(Nc4nccc(-c5cccnc5)n4)c3)cc(C(F)(F)F)c2)cn1. The number of hydrogen-bond acceptors (Lipinski definition) is 6. The van der Waals surface area contributed by atoms with Gasteiger partial charge in [0, 0.05) is 57.1 Å². The smallest absolute Gasteiger partial charge is 0.324 e. The molecule has 5 rings (SSSR count). The van der Waals surface area contributed by atoms with Crippen LogP contribution in [0.25, 0.3) is 16.9 Å². The Kier molecular flexibility index (Phi) is 5.84. The number of carbonyl (C=O) groups is 1. The van der Waals surface area contributed by atoms with Gasteiger partial charge in [-0.3, -0.25) is 9.78 Å². The number of carbonyl (C=O) groups excluding carboxylic acids is 1. The van der Waals surface area contributed by atoms with Gasteiger partial charge in [0.2, 0.25) is 5.95 Å². The molecule has 0 unspecified atom stereocenters. The van der Waals surface area contributed by atoms with Crippen LogP contribution in [0.15, 0.2) is 85.7 Å². The van der Waals surface area contributed by atoms with E-state index in [9.17, 15) is 18.0 Å². The lowest BCUT2D eigenvalue weighted by Crippen LogP contribution is -2.14. The highest BCUT2D eigenvalue weighted by Crippen LogP contribution is 2.33. The number of aromatic nitrogens is 5. The standard InChI is InChI=1S/C28H22F3N7O/c1-17-5-6-19(10-25(17)37-27-33-9-7-24(36-27)20-4-3-8-32-14-20)26(39)35-22-11-21(28(29,30)31)12-23(13-22)38-15-18(2)34-16-38/h3-16H,1-2H3,(H,35,39)(H,33,36,37)/i2D3. The van der Waals surface area contributed by atoms with E-state index in [4.69, 9.17) is 4.11 Å². The highest BCUT2D eigenvalue weighted by atomic mass is 19.4. The number of alkyl halides is 3. The number of hydrogen-bond donors (Lipinski definition) is 2. The van der Waals surface area contributed by atoms with E-state index < -0.39 is 24.5 Å². The van der Waals surface area contributed by atoms with Crippen LogP contribution in [0, 0.1) is 13.8 Å². The lowest BCUT2D eigenvalue weighted by Gasteiger charge is -2.14. The fraction of sp³-hybridized carbons (Fsp3) is 0.107. The van der Waals surface area contributed by atoms with E-state index in [-0.39, 0.29) is 28.6 Å². The third kappa shape index (κ3) is 5.93. The van der Waals surface area contributed by atoms with Gasteiger partial charge in [-0.2, -0.15) is 13.2 Å². The van der Waals surface area contributed by atoms with Gasteiger partial charge >= 0.3 is 6.18 Å². The fourth-order valence-corrected chi connectivity index (χ4v) is 3.78. The summed E-state index contributed by atoms with van der Waals surface area (Å²) in [6, 6.07) is 13.1. The van der Waals surface area contributed by atoms with Gasteiger partial charge in [0.15, 0.2) is 0 Å². The van der Waals surface area contributed by atoms with E-state index in [1.807, 2.05) is 13.0 Å². The second kappa shape index (κ2) is 10.4. The first kappa shape index (κ1) is 22.0. The van der Waals surface area contributed by atoms with Crippen LogP contribution < -0.4 is 10.6 Å². The molecule has 2 N–H and O–H groups in total. The predicted octanol–water partition coefficient (Wildman–Crippen LogP) is 6.36. The van der Waals surface area contributed by atoms with Crippen LogP contribution in [0.1, 0.15) is 31.3 Å². The van der Waals surface area contributed by atoms with E-state index in [1.165, 1.54) is 18.2 Å². The Labute approximate surface area is 225 Å². The summed E-state index contributed by atoms with van der Waals surface area (Å²) in [5.41, 5.74) is 1.40. The first-order valence-corrected chi connectivity index (χ1v) is 11.6. The van der Waals surface area contributed by atoms with E-state index in [0.29, 0.717) is 11.4 Å². The summed E-state index contributed by atoms with van der Waals surface area (Å²) in [4.78, 5) is 29.8.